The molecule has 1 aliphatic heterocycles. The van der Waals surface area contributed by atoms with Crippen LogP contribution in [-0.4, -0.2) is 58.8 Å². The lowest BCUT2D eigenvalue weighted by Gasteiger charge is -2.22. The number of carboxylic acid groups (broad SMARTS) is 1. The number of urea groups is 1. The summed E-state index contributed by atoms with van der Waals surface area (Å²) in [6.45, 7) is 1.43. The topological polar surface area (TPSA) is 133 Å². The highest BCUT2D eigenvalue weighted by Gasteiger charge is 2.41. The average molecular weight is 259 g/mol. The second kappa shape index (κ2) is 5.21. The molecule has 1 aliphatic rings. The number of primary amides is 1. The predicted molar refractivity (Wildman–Crippen MR) is 60.5 cm³/mol. The van der Waals surface area contributed by atoms with Crippen LogP contribution in [0.25, 0.3) is 0 Å². The van der Waals surface area contributed by atoms with Crippen molar-refractivity contribution in [3.8, 4) is 0 Å². The summed E-state index contributed by atoms with van der Waals surface area (Å²) in [5, 5.41) is 19.6. The first kappa shape index (κ1) is 14.2. The number of rotatable bonds is 4. The summed E-state index contributed by atoms with van der Waals surface area (Å²) in [5.74, 6) is -1.81. The number of hydrogen-bond donors (Lipinski definition) is 4. The van der Waals surface area contributed by atoms with E-state index in [1.54, 1.807) is 6.92 Å². The lowest BCUT2D eigenvalue weighted by atomic mass is 9.89. The molecule has 102 valence electrons. The van der Waals surface area contributed by atoms with Gasteiger partial charge < -0.3 is 26.2 Å². The number of aliphatic hydroxyl groups excluding tert-OH is 1. The lowest BCUT2D eigenvalue weighted by Crippen LogP contribution is -2.49. The summed E-state index contributed by atoms with van der Waals surface area (Å²) in [7, 11) is 0. The van der Waals surface area contributed by atoms with Crippen molar-refractivity contribution in [1.29, 1.82) is 0 Å². The van der Waals surface area contributed by atoms with Gasteiger partial charge in [0, 0.05) is 13.1 Å². The van der Waals surface area contributed by atoms with Gasteiger partial charge in [-0.1, -0.05) is 0 Å². The van der Waals surface area contributed by atoms with E-state index in [1.165, 1.54) is 4.90 Å². The first-order valence-electron chi connectivity index (χ1n) is 5.49. The van der Waals surface area contributed by atoms with Gasteiger partial charge in [-0.25, -0.2) is 9.59 Å². The Morgan fingerprint density at radius 3 is 2.50 bits per heavy atom. The lowest BCUT2D eigenvalue weighted by molar-refractivity contribution is -0.140. The molecule has 0 aromatic carbocycles. The molecular weight excluding hydrogens is 242 g/mol. The average Bonchev–Trinajstić information content (AvgIpc) is 2.69. The maximum atomic E-state index is 11.7. The molecule has 0 radical (unpaired) electrons. The van der Waals surface area contributed by atoms with Crippen molar-refractivity contribution in [2.24, 2.45) is 11.1 Å². The molecule has 0 aromatic heterocycles. The van der Waals surface area contributed by atoms with Gasteiger partial charge >= 0.3 is 12.0 Å². The molecule has 0 aromatic rings. The molecule has 0 aliphatic carbocycles. The van der Waals surface area contributed by atoms with Gasteiger partial charge in [0.05, 0.1) is 12.0 Å². The van der Waals surface area contributed by atoms with Gasteiger partial charge in [-0.05, 0) is 13.3 Å². The number of nitrogens with zero attached hydrogens (tertiary/aromatic N) is 1. The Balaban J connectivity index is 2.60. The zero-order chi connectivity index (χ0) is 13.9. The van der Waals surface area contributed by atoms with Crippen molar-refractivity contribution < 1.29 is 24.6 Å². The zero-order valence-corrected chi connectivity index (χ0v) is 10.0. The largest absolute Gasteiger partial charge is 0.480 e. The monoisotopic (exact) mass is 259 g/mol. The van der Waals surface area contributed by atoms with Crippen LogP contribution in [0.15, 0.2) is 0 Å². The number of hydrogen-bond acceptors (Lipinski definition) is 4. The fourth-order valence-corrected chi connectivity index (χ4v) is 1.76. The maximum absolute atomic E-state index is 11.7. The van der Waals surface area contributed by atoms with Crippen molar-refractivity contribution in [3.63, 3.8) is 0 Å². The van der Waals surface area contributed by atoms with Crippen LogP contribution in [0.2, 0.25) is 0 Å². The van der Waals surface area contributed by atoms with Crippen LogP contribution in [0.3, 0.4) is 0 Å². The summed E-state index contributed by atoms with van der Waals surface area (Å²) in [4.78, 5) is 34.9. The second-order valence-corrected chi connectivity index (χ2v) is 4.62. The normalized spacial score (nSPS) is 24.7. The van der Waals surface area contributed by atoms with Crippen LogP contribution in [0.1, 0.15) is 13.3 Å². The predicted octanol–water partition coefficient (Wildman–Crippen LogP) is -1.66. The first-order valence-corrected chi connectivity index (χ1v) is 5.49. The van der Waals surface area contributed by atoms with Crippen LogP contribution >= 0.6 is 0 Å². The van der Waals surface area contributed by atoms with Crippen molar-refractivity contribution in [3.05, 3.63) is 0 Å². The van der Waals surface area contributed by atoms with E-state index in [0.29, 0.717) is 13.0 Å². The molecule has 0 spiro atoms. The van der Waals surface area contributed by atoms with E-state index < -0.39 is 36.0 Å². The number of aliphatic hydroxyl groups is 1. The molecule has 8 heteroatoms. The molecule has 1 fully saturated rings. The standard InChI is InChI=1S/C10H17N3O5/c1-10(8(11)17)2-3-13(5-10)9(18)12-6(4-14)7(15)16/h6,14H,2-5H2,1H3,(H2,11,17)(H,12,18)(H,15,16)/t6-,10?/m0/s1. The molecule has 8 nitrogen and oxygen atoms in total. The van der Waals surface area contributed by atoms with E-state index in [4.69, 9.17) is 15.9 Å². The molecule has 1 heterocycles. The number of nitrogens with one attached hydrogen (secondary N) is 1. The number of amides is 3. The summed E-state index contributed by atoms with van der Waals surface area (Å²) < 4.78 is 0. The SMILES string of the molecule is CC1(C(N)=O)CCN(C(=O)N[C@@H](CO)C(=O)O)C1. The fraction of sp³-hybridized carbons (Fsp3) is 0.700. The first-order chi connectivity index (χ1) is 8.30. The van der Waals surface area contributed by atoms with Gasteiger partial charge in [0.1, 0.15) is 0 Å². The third-order valence-electron chi connectivity index (χ3n) is 3.13. The molecule has 2 atom stereocenters. The van der Waals surface area contributed by atoms with Crippen molar-refractivity contribution in [1.82, 2.24) is 10.2 Å². The van der Waals surface area contributed by atoms with E-state index in [9.17, 15) is 14.4 Å². The van der Waals surface area contributed by atoms with Gasteiger partial charge in [0.25, 0.3) is 0 Å². The number of carbonyl (C=O) groups excluding carboxylic acids is 2. The third-order valence-corrected chi connectivity index (χ3v) is 3.13. The zero-order valence-electron chi connectivity index (χ0n) is 10.0. The molecule has 1 saturated heterocycles. The fourth-order valence-electron chi connectivity index (χ4n) is 1.76. The quantitative estimate of drug-likeness (QED) is 0.479. The molecule has 5 N–H and O–H groups in total. The number of carboxylic acids is 1. The Morgan fingerprint density at radius 1 is 1.50 bits per heavy atom. The summed E-state index contributed by atoms with van der Waals surface area (Å²) in [5.41, 5.74) is 4.46. The van der Waals surface area contributed by atoms with E-state index in [-0.39, 0.29) is 6.54 Å². The third kappa shape index (κ3) is 2.89. The minimum absolute atomic E-state index is 0.145. The number of carbonyl (C=O) groups is 3. The van der Waals surface area contributed by atoms with E-state index in [1.807, 2.05) is 0 Å². The van der Waals surface area contributed by atoms with Crippen LogP contribution in [-0.2, 0) is 9.59 Å². The van der Waals surface area contributed by atoms with Gasteiger partial charge in [-0.3, -0.25) is 4.79 Å². The summed E-state index contributed by atoms with van der Waals surface area (Å²) in [6.07, 6.45) is 0.437. The van der Waals surface area contributed by atoms with Crippen molar-refractivity contribution in [2.75, 3.05) is 19.7 Å². The smallest absolute Gasteiger partial charge is 0.328 e. The number of aliphatic carboxylic acids is 1. The molecule has 18 heavy (non-hydrogen) atoms. The number of nitrogens with two attached hydrogens (primary N) is 1. The van der Waals surface area contributed by atoms with Crippen LogP contribution in [0.5, 0.6) is 0 Å². The van der Waals surface area contributed by atoms with Crippen molar-refractivity contribution in [2.45, 2.75) is 19.4 Å². The molecule has 3 amide bonds. The molecule has 1 unspecified atom stereocenters. The Hall–Kier alpha value is -1.83. The minimum Gasteiger partial charge on any atom is -0.480 e. The van der Waals surface area contributed by atoms with Crippen LogP contribution in [0, 0.1) is 5.41 Å². The van der Waals surface area contributed by atoms with E-state index >= 15 is 0 Å². The summed E-state index contributed by atoms with van der Waals surface area (Å²) >= 11 is 0. The Kier molecular flexibility index (Phi) is 4.12. The highest BCUT2D eigenvalue weighted by molar-refractivity contribution is 5.85. The van der Waals surface area contributed by atoms with E-state index in [2.05, 4.69) is 5.32 Å². The Morgan fingerprint density at radius 2 is 2.11 bits per heavy atom. The van der Waals surface area contributed by atoms with E-state index in [0.717, 1.165) is 0 Å². The van der Waals surface area contributed by atoms with Crippen molar-refractivity contribution >= 4 is 17.9 Å². The molecule has 0 saturated carbocycles. The second-order valence-electron chi connectivity index (χ2n) is 4.62. The maximum Gasteiger partial charge on any atom is 0.328 e. The van der Waals surface area contributed by atoms with Gasteiger partial charge in [0.15, 0.2) is 6.04 Å². The van der Waals surface area contributed by atoms with Crippen LogP contribution < -0.4 is 11.1 Å². The minimum atomic E-state index is -1.35. The highest BCUT2D eigenvalue weighted by Crippen LogP contribution is 2.29. The Labute approximate surface area is 104 Å². The Bertz CT molecular complexity index is 373. The molecule has 0 bridgehead atoms. The molecule has 1 rings (SSSR count). The highest BCUT2D eigenvalue weighted by atomic mass is 16.4. The number of likely N-dealkylation sites (tertiary alicyclic amines) is 1. The van der Waals surface area contributed by atoms with Gasteiger partial charge in [0.2, 0.25) is 5.91 Å². The van der Waals surface area contributed by atoms with Gasteiger partial charge in [-0.15, -0.1) is 0 Å². The summed E-state index contributed by atoms with van der Waals surface area (Å²) in [6, 6.07) is -1.97. The molecular formula is C10H17N3O5. The van der Waals surface area contributed by atoms with Crippen LogP contribution in [0.4, 0.5) is 4.79 Å². The van der Waals surface area contributed by atoms with Gasteiger partial charge in [-0.2, -0.15) is 0 Å².